The van der Waals surface area contributed by atoms with E-state index in [4.69, 9.17) is 9.47 Å². The highest BCUT2D eigenvalue weighted by Crippen LogP contribution is 2.33. The molecule has 0 aromatic heterocycles. The molecule has 2 aromatic rings. The van der Waals surface area contributed by atoms with E-state index in [0.29, 0.717) is 29.3 Å². The number of rotatable bonds is 4. The van der Waals surface area contributed by atoms with E-state index in [1.165, 1.54) is 0 Å². The number of carbonyl (C=O) groups excluding carboxylic acids is 1. The van der Waals surface area contributed by atoms with Gasteiger partial charge < -0.3 is 9.47 Å². The van der Waals surface area contributed by atoms with E-state index in [9.17, 15) is 4.79 Å². The quantitative estimate of drug-likeness (QED) is 0.815. The predicted molar refractivity (Wildman–Crippen MR) is 90.2 cm³/mol. The highest BCUT2D eigenvalue weighted by molar-refractivity contribution is 6.52. The third kappa shape index (κ3) is 2.72. The summed E-state index contributed by atoms with van der Waals surface area (Å²) >= 11 is 0. The zero-order chi connectivity index (χ0) is 16.4. The van der Waals surface area contributed by atoms with E-state index in [2.05, 4.69) is 4.99 Å². The Morgan fingerprint density at radius 1 is 1.09 bits per heavy atom. The summed E-state index contributed by atoms with van der Waals surface area (Å²) in [5, 5.41) is 0. The summed E-state index contributed by atoms with van der Waals surface area (Å²) in [5.41, 5.74) is 4.04. The van der Waals surface area contributed by atoms with Crippen LogP contribution in [0.3, 0.4) is 0 Å². The van der Waals surface area contributed by atoms with Crippen molar-refractivity contribution in [2.75, 3.05) is 20.8 Å². The highest BCUT2D eigenvalue weighted by atomic mass is 16.5. The largest absolute Gasteiger partial charge is 0.493 e. The molecule has 1 aliphatic rings. The fourth-order valence-corrected chi connectivity index (χ4v) is 2.87. The lowest BCUT2D eigenvalue weighted by Gasteiger charge is -2.19. The molecule has 0 saturated heterocycles. The maximum Gasteiger partial charge on any atom is 0.211 e. The molecule has 1 heterocycles. The first-order valence-corrected chi connectivity index (χ1v) is 7.55. The molecule has 0 N–H and O–H groups in total. The van der Waals surface area contributed by atoms with Crippen molar-refractivity contribution in [2.45, 2.75) is 13.3 Å². The predicted octanol–water partition coefficient (Wildman–Crippen LogP) is 3.24. The van der Waals surface area contributed by atoms with Gasteiger partial charge in [0.2, 0.25) is 5.78 Å². The van der Waals surface area contributed by atoms with Crippen molar-refractivity contribution in [3.63, 3.8) is 0 Å². The summed E-state index contributed by atoms with van der Waals surface area (Å²) in [4.78, 5) is 17.4. The minimum Gasteiger partial charge on any atom is -0.493 e. The van der Waals surface area contributed by atoms with E-state index in [1.54, 1.807) is 14.2 Å². The molecule has 118 valence electrons. The minimum atomic E-state index is -0.0451. The Morgan fingerprint density at radius 3 is 2.48 bits per heavy atom. The fraction of sp³-hybridized carbons (Fsp3) is 0.263. The van der Waals surface area contributed by atoms with Gasteiger partial charge in [-0.15, -0.1) is 0 Å². The molecule has 0 fully saturated rings. The van der Waals surface area contributed by atoms with E-state index >= 15 is 0 Å². The zero-order valence-corrected chi connectivity index (χ0v) is 13.6. The van der Waals surface area contributed by atoms with Crippen LogP contribution in [0, 0.1) is 6.92 Å². The Bertz CT molecular complexity index is 793. The van der Waals surface area contributed by atoms with Gasteiger partial charge in [-0.2, -0.15) is 0 Å². The third-order valence-electron chi connectivity index (χ3n) is 4.12. The first-order chi connectivity index (χ1) is 11.2. The summed E-state index contributed by atoms with van der Waals surface area (Å²) in [5.74, 6) is 1.24. The second-order valence-corrected chi connectivity index (χ2v) is 5.49. The number of ether oxygens (including phenoxy) is 2. The number of hydrogen-bond acceptors (Lipinski definition) is 4. The van der Waals surface area contributed by atoms with Gasteiger partial charge in [0.05, 0.1) is 14.2 Å². The average molecular weight is 309 g/mol. The van der Waals surface area contributed by atoms with Crippen LogP contribution in [0.2, 0.25) is 0 Å². The maximum atomic E-state index is 12.9. The molecule has 0 bridgehead atoms. The molecular weight excluding hydrogens is 290 g/mol. The van der Waals surface area contributed by atoms with Crippen LogP contribution in [-0.4, -0.2) is 32.3 Å². The van der Waals surface area contributed by atoms with Crippen LogP contribution < -0.4 is 9.47 Å². The molecule has 0 aliphatic carbocycles. The van der Waals surface area contributed by atoms with Crippen molar-refractivity contribution in [1.29, 1.82) is 0 Å². The van der Waals surface area contributed by atoms with Gasteiger partial charge in [0.25, 0.3) is 0 Å². The second kappa shape index (κ2) is 6.24. The average Bonchev–Trinajstić information content (AvgIpc) is 2.59. The molecule has 3 rings (SSSR count). The molecule has 0 atom stereocenters. The van der Waals surface area contributed by atoms with E-state index in [-0.39, 0.29) is 5.78 Å². The number of Topliss-reactive ketones (excluding diaryl/α,β-unsaturated/α-hetero) is 1. The zero-order valence-electron chi connectivity index (χ0n) is 13.6. The Kier molecular flexibility index (Phi) is 4.15. The van der Waals surface area contributed by atoms with E-state index in [0.717, 1.165) is 23.1 Å². The van der Waals surface area contributed by atoms with Crippen molar-refractivity contribution >= 4 is 11.5 Å². The number of benzene rings is 2. The van der Waals surface area contributed by atoms with Crippen LogP contribution in [0.25, 0.3) is 0 Å². The minimum absolute atomic E-state index is 0.0451. The normalized spacial score (nSPS) is 13.1. The number of methoxy groups -OCH3 is 2. The fourth-order valence-electron chi connectivity index (χ4n) is 2.87. The lowest BCUT2D eigenvalue weighted by molar-refractivity contribution is 0.106. The SMILES string of the molecule is COc1cc2c(cc1OC)C(C(=O)c1ccccc1C)=NCC2. The molecule has 0 saturated carbocycles. The summed E-state index contributed by atoms with van der Waals surface area (Å²) in [6.45, 7) is 2.54. The Morgan fingerprint density at radius 2 is 1.78 bits per heavy atom. The molecule has 0 radical (unpaired) electrons. The Balaban J connectivity index is 2.09. The van der Waals surface area contributed by atoms with Crippen molar-refractivity contribution in [2.24, 2.45) is 4.99 Å². The monoisotopic (exact) mass is 309 g/mol. The molecule has 0 amide bonds. The summed E-state index contributed by atoms with van der Waals surface area (Å²) in [6, 6.07) is 11.4. The molecule has 4 nitrogen and oxygen atoms in total. The van der Waals surface area contributed by atoms with E-state index in [1.807, 2.05) is 43.3 Å². The molecule has 1 aliphatic heterocycles. The number of aryl methyl sites for hydroxylation is 1. The summed E-state index contributed by atoms with van der Waals surface area (Å²) in [7, 11) is 3.20. The lowest BCUT2D eigenvalue weighted by atomic mass is 9.91. The van der Waals surface area contributed by atoms with Gasteiger partial charge in [-0.1, -0.05) is 24.3 Å². The summed E-state index contributed by atoms with van der Waals surface area (Å²) in [6.07, 6.45) is 0.792. The number of hydrogen-bond donors (Lipinski definition) is 0. The smallest absolute Gasteiger partial charge is 0.211 e. The van der Waals surface area contributed by atoms with Crippen molar-refractivity contribution < 1.29 is 14.3 Å². The number of ketones is 1. The molecule has 23 heavy (non-hydrogen) atoms. The van der Waals surface area contributed by atoms with Crippen molar-refractivity contribution in [3.8, 4) is 11.5 Å². The van der Waals surface area contributed by atoms with Gasteiger partial charge in [-0.3, -0.25) is 9.79 Å². The number of carbonyl (C=O) groups is 1. The lowest BCUT2D eigenvalue weighted by Crippen LogP contribution is -2.23. The first-order valence-electron chi connectivity index (χ1n) is 7.55. The Hall–Kier alpha value is -2.62. The molecule has 2 aromatic carbocycles. The van der Waals surface area contributed by atoms with Gasteiger partial charge in [0.1, 0.15) is 5.71 Å². The van der Waals surface area contributed by atoms with Gasteiger partial charge in [0, 0.05) is 17.7 Å². The van der Waals surface area contributed by atoms with Gasteiger partial charge in [-0.05, 0) is 36.6 Å². The second-order valence-electron chi connectivity index (χ2n) is 5.49. The van der Waals surface area contributed by atoms with E-state index < -0.39 is 0 Å². The van der Waals surface area contributed by atoms with Crippen LogP contribution in [0.4, 0.5) is 0 Å². The standard InChI is InChI=1S/C19H19NO3/c1-12-6-4-5-7-14(12)19(21)18-15-11-17(23-3)16(22-2)10-13(15)8-9-20-18/h4-7,10-11H,8-9H2,1-3H3. The van der Waals surface area contributed by atoms with Crippen LogP contribution in [0.5, 0.6) is 11.5 Å². The topological polar surface area (TPSA) is 47.9 Å². The Labute approximate surface area is 135 Å². The van der Waals surface area contributed by atoms with Crippen LogP contribution in [0.1, 0.15) is 27.0 Å². The molecule has 4 heteroatoms. The molecule has 0 spiro atoms. The first kappa shape index (κ1) is 15.3. The number of fused-ring (bicyclic) bond motifs is 1. The molecule has 0 unspecified atom stereocenters. The molecular formula is C19H19NO3. The highest BCUT2D eigenvalue weighted by Gasteiger charge is 2.24. The van der Waals surface area contributed by atoms with Crippen LogP contribution >= 0.6 is 0 Å². The maximum absolute atomic E-state index is 12.9. The van der Waals surface area contributed by atoms with Gasteiger partial charge in [-0.25, -0.2) is 0 Å². The van der Waals surface area contributed by atoms with Gasteiger partial charge >= 0.3 is 0 Å². The van der Waals surface area contributed by atoms with Crippen molar-refractivity contribution in [3.05, 3.63) is 58.7 Å². The van der Waals surface area contributed by atoms with Crippen molar-refractivity contribution in [1.82, 2.24) is 0 Å². The summed E-state index contributed by atoms with van der Waals surface area (Å²) < 4.78 is 10.7. The van der Waals surface area contributed by atoms with Crippen LogP contribution in [-0.2, 0) is 6.42 Å². The number of aliphatic imine (C=N–C) groups is 1. The third-order valence-corrected chi connectivity index (χ3v) is 4.12. The number of nitrogens with zero attached hydrogens (tertiary/aromatic N) is 1. The van der Waals surface area contributed by atoms with Crippen LogP contribution in [0.15, 0.2) is 41.4 Å². The van der Waals surface area contributed by atoms with Gasteiger partial charge in [0.15, 0.2) is 11.5 Å².